The van der Waals surface area contributed by atoms with Crippen LogP contribution in [-0.4, -0.2) is 41.9 Å². The van der Waals surface area contributed by atoms with E-state index in [4.69, 9.17) is 4.74 Å². The minimum absolute atomic E-state index is 0.178. The van der Waals surface area contributed by atoms with Crippen molar-refractivity contribution in [3.63, 3.8) is 0 Å². The van der Waals surface area contributed by atoms with Crippen molar-refractivity contribution >= 4 is 17.9 Å². The number of likely N-dealkylation sites (tertiary alicyclic amines) is 1. The van der Waals surface area contributed by atoms with Crippen molar-refractivity contribution in [3.05, 3.63) is 65.6 Å². The van der Waals surface area contributed by atoms with Gasteiger partial charge in [0.2, 0.25) is 0 Å². The fraction of sp³-hybridized carbons (Fsp3) is 0.286. The summed E-state index contributed by atoms with van der Waals surface area (Å²) in [5.41, 5.74) is 1.42. The van der Waals surface area contributed by atoms with Crippen LogP contribution >= 0.6 is 0 Å². The van der Waals surface area contributed by atoms with Crippen LogP contribution in [0.5, 0.6) is 5.75 Å². The van der Waals surface area contributed by atoms with E-state index < -0.39 is 0 Å². The Bertz CT molecular complexity index is 828. The van der Waals surface area contributed by atoms with Crippen LogP contribution < -0.4 is 10.1 Å². The summed E-state index contributed by atoms with van der Waals surface area (Å²) in [7, 11) is 1.58. The van der Waals surface area contributed by atoms with Crippen LogP contribution in [0.25, 0.3) is 6.08 Å². The number of rotatable bonds is 5. The number of aromatic nitrogens is 1. The molecule has 2 aromatic rings. The molecule has 0 aliphatic carbocycles. The van der Waals surface area contributed by atoms with Crippen molar-refractivity contribution in [1.29, 1.82) is 0 Å². The predicted molar refractivity (Wildman–Crippen MR) is 103 cm³/mol. The quantitative estimate of drug-likeness (QED) is 0.827. The van der Waals surface area contributed by atoms with Gasteiger partial charge in [-0.3, -0.25) is 14.6 Å². The first-order valence-electron chi connectivity index (χ1n) is 9.04. The molecular weight excluding hydrogens is 342 g/mol. The summed E-state index contributed by atoms with van der Waals surface area (Å²) in [6.45, 7) is 1.40. The summed E-state index contributed by atoms with van der Waals surface area (Å²) in [6.07, 6.45) is 7.85. The second-order valence-corrected chi connectivity index (χ2v) is 6.34. The number of carbonyl (C=O) groups excluding carboxylic acids is 2. The highest BCUT2D eigenvalue weighted by atomic mass is 16.5. The minimum atomic E-state index is -0.344. The molecule has 0 unspecified atom stereocenters. The minimum Gasteiger partial charge on any atom is -0.496 e. The number of para-hydroxylation sites is 1. The topological polar surface area (TPSA) is 71.5 Å². The number of amides is 2. The van der Waals surface area contributed by atoms with Gasteiger partial charge in [-0.25, -0.2) is 0 Å². The summed E-state index contributed by atoms with van der Waals surface area (Å²) in [5.74, 6) is 0.117. The van der Waals surface area contributed by atoms with Crippen molar-refractivity contribution in [2.45, 2.75) is 19.3 Å². The van der Waals surface area contributed by atoms with Gasteiger partial charge in [-0.1, -0.05) is 18.2 Å². The Morgan fingerprint density at radius 3 is 2.48 bits per heavy atom. The van der Waals surface area contributed by atoms with Crippen molar-refractivity contribution in [2.24, 2.45) is 0 Å². The van der Waals surface area contributed by atoms with Crippen LogP contribution in [0, 0.1) is 0 Å². The number of nitrogens with zero attached hydrogens (tertiary/aromatic N) is 2. The van der Waals surface area contributed by atoms with Gasteiger partial charge in [0, 0.05) is 36.6 Å². The van der Waals surface area contributed by atoms with Crippen LogP contribution in [0.4, 0.5) is 0 Å². The van der Waals surface area contributed by atoms with Crippen LogP contribution in [0.2, 0.25) is 0 Å². The number of methoxy groups -OCH3 is 1. The third kappa shape index (κ3) is 4.73. The highest BCUT2D eigenvalue weighted by molar-refractivity contribution is 6.05. The number of ether oxygens (including phenoxy) is 1. The summed E-state index contributed by atoms with van der Waals surface area (Å²) < 4.78 is 5.37. The van der Waals surface area contributed by atoms with Crippen molar-refractivity contribution < 1.29 is 14.3 Å². The number of nitrogens with one attached hydrogen (secondary N) is 1. The summed E-state index contributed by atoms with van der Waals surface area (Å²) >= 11 is 0. The Hall–Kier alpha value is -3.15. The van der Waals surface area contributed by atoms with Crippen LogP contribution in [0.3, 0.4) is 0 Å². The molecule has 1 fully saturated rings. The number of hydrogen-bond donors (Lipinski definition) is 1. The monoisotopic (exact) mass is 365 g/mol. The molecule has 0 atom stereocenters. The van der Waals surface area contributed by atoms with Crippen LogP contribution in [0.1, 0.15) is 35.2 Å². The largest absolute Gasteiger partial charge is 0.496 e. The SMILES string of the molecule is COc1ccccc1C=C(NC(=O)c1ccncc1)C(=O)N1CCCCC1. The van der Waals surface area contributed by atoms with Gasteiger partial charge in [0.1, 0.15) is 11.4 Å². The molecule has 1 aromatic heterocycles. The van der Waals surface area contributed by atoms with Gasteiger partial charge < -0.3 is 15.0 Å². The Labute approximate surface area is 158 Å². The molecule has 0 radical (unpaired) electrons. The van der Waals surface area contributed by atoms with E-state index in [-0.39, 0.29) is 17.5 Å². The van der Waals surface area contributed by atoms with E-state index in [1.54, 1.807) is 42.6 Å². The first-order valence-corrected chi connectivity index (χ1v) is 9.04. The first kappa shape index (κ1) is 18.6. The van der Waals surface area contributed by atoms with Gasteiger partial charge in [0.25, 0.3) is 11.8 Å². The Kier molecular flexibility index (Phi) is 6.20. The number of benzene rings is 1. The predicted octanol–water partition coefficient (Wildman–Crippen LogP) is 2.87. The highest BCUT2D eigenvalue weighted by Gasteiger charge is 2.22. The molecule has 1 N–H and O–H groups in total. The molecule has 6 heteroatoms. The summed E-state index contributed by atoms with van der Waals surface area (Å²) in [5, 5.41) is 2.78. The molecular formula is C21H23N3O3. The zero-order valence-corrected chi connectivity index (χ0v) is 15.4. The van der Waals surface area contributed by atoms with Crippen molar-refractivity contribution in [2.75, 3.05) is 20.2 Å². The van der Waals surface area contributed by atoms with Crippen LogP contribution in [0.15, 0.2) is 54.5 Å². The van der Waals surface area contributed by atoms with Crippen molar-refractivity contribution in [3.8, 4) is 5.75 Å². The normalized spacial score (nSPS) is 14.6. The van der Waals surface area contributed by atoms with E-state index in [1.807, 2.05) is 24.3 Å². The van der Waals surface area contributed by atoms with Gasteiger partial charge in [-0.2, -0.15) is 0 Å². The van der Waals surface area contributed by atoms with E-state index in [2.05, 4.69) is 10.3 Å². The molecule has 0 bridgehead atoms. The van der Waals surface area contributed by atoms with E-state index in [1.165, 1.54) is 0 Å². The molecule has 6 nitrogen and oxygen atoms in total. The maximum atomic E-state index is 13.1. The molecule has 140 valence electrons. The molecule has 0 saturated carbocycles. The van der Waals surface area contributed by atoms with Gasteiger partial charge in [-0.15, -0.1) is 0 Å². The van der Waals surface area contributed by atoms with Gasteiger partial charge in [0.05, 0.1) is 7.11 Å². The average Bonchev–Trinajstić information content (AvgIpc) is 2.74. The average molecular weight is 365 g/mol. The lowest BCUT2D eigenvalue weighted by Crippen LogP contribution is -2.41. The zero-order valence-electron chi connectivity index (χ0n) is 15.4. The number of hydrogen-bond acceptors (Lipinski definition) is 4. The highest BCUT2D eigenvalue weighted by Crippen LogP contribution is 2.21. The van der Waals surface area contributed by atoms with Crippen molar-refractivity contribution in [1.82, 2.24) is 15.2 Å². The maximum Gasteiger partial charge on any atom is 0.270 e. The molecule has 1 aliphatic heterocycles. The standard InChI is InChI=1S/C21H23N3O3/c1-27-19-8-4-3-7-17(19)15-18(21(26)24-13-5-2-6-14-24)23-20(25)16-9-11-22-12-10-16/h3-4,7-12,15H,2,5-6,13-14H2,1H3,(H,23,25). The lowest BCUT2D eigenvalue weighted by molar-refractivity contribution is -0.128. The first-order chi connectivity index (χ1) is 13.2. The third-order valence-corrected chi connectivity index (χ3v) is 4.50. The Morgan fingerprint density at radius 1 is 1.07 bits per heavy atom. The second kappa shape index (κ2) is 8.98. The molecule has 1 aromatic carbocycles. The molecule has 3 rings (SSSR count). The fourth-order valence-electron chi connectivity index (χ4n) is 3.06. The molecule has 27 heavy (non-hydrogen) atoms. The lowest BCUT2D eigenvalue weighted by atomic mass is 10.1. The number of pyridine rings is 1. The molecule has 2 heterocycles. The summed E-state index contributed by atoms with van der Waals surface area (Å²) in [6, 6.07) is 10.6. The second-order valence-electron chi connectivity index (χ2n) is 6.34. The lowest BCUT2D eigenvalue weighted by Gasteiger charge is -2.27. The van der Waals surface area contributed by atoms with Gasteiger partial charge >= 0.3 is 0 Å². The zero-order chi connectivity index (χ0) is 19.1. The molecule has 0 spiro atoms. The molecule has 1 aliphatic rings. The third-order valence-electron chi connectivity index (χ3n) is 4.50. The van der Waals surface area contributed by atoms with Crippen LogP contribution in [-0.2, 0) is 4.79 Å². The maximum absolute atomic E-state index is 13.1. The number of carbonyl (C=O) groups is 2. The van der Waals surface area contributed by atoms with E-state index >= 15 is 0 Å². The van der Waals surface area contributed by atoms with E-state index in [9.17, 15) is 9.59 Å². The smallest absolute Gasteiger partial charge is 0.270 e. The Balaban J connectivity index is 1.91. The van der Waals surface area contributed by atoms with E-state index in [0.717, 1.165) is 24.8 Å². The molecule has 1 saturated heterocycles. The number of piperidine rings is 1. The van der Waals surface area contributed by atoms with E-state index in [0.29, 0.717) is 24.4 Å². The van der Waals surface area contributed by atoms with Gasteiger partial charge in [0.15, 0.2) is 0 Å². The summed E-state index contributed by atoms with van der Waals surface area (Å²) in [4.78, 5) is 31.4. The Morgan fingerprint density at radius 2 is 1.78 bits per heavy atom. The fourth-order valence-corrected chi connectivity index (χ4v) is 3.06. The molecule has 2 amide bonds. The van der Waals surface area contributed by atoms with Gasteiger partial charge in [-0.05, 0) is 43.5 Å².